The average molecular weight is 200 g/mol. The summed E-state index contributed by atoms with van der Waals surface area (Å²) in [6.45, 7) is 1.91. The van der Waals surface area contributed by atoms with Gasteiger partial charge in [0.15, 0.2) is 0 Å². The van der Waals surface area contributed by atoms with E-state index in [0.717, 1.165) is 22.4 Å². The number of aromatic nitrogens is 2. The Labute approximate surface area is 87.3 Å². The van der Waals surface area contributed by atoms with Crippen LogP contribution in [0.1, 0.15) is 11.4 Å². The molecule has 0 saturated heterocycles. The van der Waals surface area contributed by atoms with Crippen LogP contribution >= 0.6 is 0 Å². The molecule has 0 unspecified atom stereocenters. The second-order valence-electron chi connectivity index (χ2n) is 3.32. The maximum Gasteiger partial charge on any atom is 0.104 e. The van der Waals surface area contributed by atoms with Crippen molar-refractivity contribution < 1.29 is 0 Å². The second-order valence-corrected chi connectivity index (χ2v) is 3.32. The van der Waals surface area contributed by atoms with E-state index in [1.54, 1.807) is 0 Å². The second kappa shape index (κ2) is 3.57. The first-order valence-corrected chi connectivity index (χ1v) is 4.63. The van der Waals surface area contributed by atoms with Crippen molar-refractivity contribution in [1.29, 1.82) is 5.41 Å². The van der Waals surface area contributed by atoms with Gasteiger partial charge in [0.05, 0.1) is 11.0 Å². The number of hydrogen-bond acceptors (Lipinski definition) is 3. The zero-order chi connectivity index (χ0) is 10.8. The molecule has 0 aliphatic rings. The van der Waals surface area contributed by atoms with Gasteiger partial charge in [-0.15, -0.1) is 0 Å². The molecule has 0 radical (unpaired) electrons. The Bertz CT molecular complexity index is 537. The molecule has 76 valence electrons. The molecule has 4 heteroatoms. The van der Waals surface area contributed by atoms with Crippen molar-refractivity contribution in [3.8, 4) is 0 Å². The Morgan fingerprint density at radius 1 is 1.53 bits per heavy atom. The van der Waals surface area contributed by atoms with Crippen molar-refractivity contribution in [2.45, 2.75) is 6.92 Å². The molecule has 1 aromatic heterocycles. The third-order valence-corrected chi connectivity index (χ3v) is 2.27. The number of aromatic amines is 1. The quantitative estimate of drug-likeness (QED) is 0.646. The van der Waals surface area contributed by atoms with Gasteiger partial charge in [-0.1, -0.05) is 6.07 Å². The van der Waals surface area contributed by atoms with E-state index in [0.29, 0.717) is 5.57 Å². The van der Waals surface area contributed by atoms with Crippen LogP contribution in [0.25, 0.3) is 16.6 Å². The number of nitrogens with two attached hydrogens (primary N) is 1. The number of aryl methyl sites for hydroxylation is 1. The summed E-state index contributed by atoms with van der Waals surface area (Å²) in [6.07, 6.45) is 2.66. The summed E-state index contributed by atoms with van der Waals surface area (Å²) in [7, 11) is 0. The minimum atomic E-state index is 0.692. The number of benzene rings is 1. The number of nitrogens with one attached hydrogen (secondary N) is 2. The van der Waals surface area contributed by atoms with E-state index in [9.17, 15) is 0 Å². The molecule has 0 aliphatic heterocycles. The molecule has 4 N–H and O–H groups in total. The van der Waals surface area contributed by atoms with Gasteiger partial charge in [-0.05, 0) is 24.6 Å². The molecule has 0 fully saturated rings. The first kappa shape index (κ1) is 9.45. The van der Waals surface area contributed by atoms with Crippen LogP contribution in [0, 0.1) is 12.3 Å². The monoisotopic (exact) mass is 200 g/mol. The zero-order valence-electron chi connectivity index (χ0n) is 8.41. The number of nitrogens with zero attached hydrogens (tertiary/aromatic N) is 1. The van der Waals surface area contributed by atoms with Crippen molar-refractivity contribution in [2.75, 3.05) is 0 Å². The van der Waals surface area contributed by atoms with Crippen LogP contribution in [-0.2, 0) is 0 Å². The fraction of sp³-hybridized carbons (Fsp3) is 0.0909. The van der Waals surface area contributed by atoms with Crippen molar-refractivity contribution in [3.05, 3.63) is 35.8 Å². The molecule has 0 aliphatic carbocycles. The average Bonchev–Trinajstić information content (AvgIpc) is 2.59. The lowest BCUT2D eigenvalue weighted by molar-refractivity contribution is 1.17. The van der Waals surface area contributed by atoms with E-state index in [2.05, 4.69) is 9.97 Å². The van der Waals surface area contributed by atoms with Crippen molar-refractivity contribution in [2.24, 2.45) is 5.73 Å². The molecule has 2 aromatic rings. The normalized spacial score (nSPS) is 11.9. The number of imidazole rings is 1. The lowest BCUT2D eigenvalue weighted by Crippen LogP contribution is -1.90. The summed E-state index contributed by atoms with van der Waals surface area (Å²) in [5.74, 6) is 0.885. The van der Waals surface area contributed by atoms with E-state index >= 15 is 0 Å². The SMILES string of the molecule is Cc1nc2cc(/C(C=N)=C/N)ccc2[nH]1. The van der Waals surface area contributed by atoms with Gasteiger partial charge in [0.2, 0.25) is 0 Å². The van der Waals surface area contributed by atoms with E-state index in [-0.39, 0.29) is 0 Å². The molecular weight excluding hydrogens is 188 g/mol. The van der Waals surface area contributed by atoms with E-state index in [4.69, 9.17) is 11.1 Å². The Hall–Kier alpha value is -2.10. The van der Waals surface area contributed by atoms with Gasteiger partial charge < -0.3 is 16.1 Å². The first-order valence-electron chi connectivity index (χ1n) is 4.63. The molecule has 0 spiro atoms. The van der Waals surface area contributed by atoms with Crippen LogP contribution in [0.3, 0.4) is 0 Å². The smallest absolute Gasteiger partial charge is 0.104 e. The maximum atomic E-state index is 7.21. The molecule has 0 bridgehead atoms. The van der Waals surface area contributed by atoms with Crippen LogP contribution in [0.2, 0.25) is 0 Å². The maximum absolute atomic E-state index is 7.21. The summed E-state index contributed by atoms with van der Waals surface area (Å²) >= 11 is 0. The molecule has 0 amide bonds. The molecular formula is C11H12N4. The van der Waals surface area contributed by atoms with E-state index in [1.165, 1.54) is 12.4 Å². The highest BCUT2D eigenvalue weighted by molar-refractivity contribution is 6.08. The summed E-state index contributed by atoms with van der Waals surface area (Å²) in [6, 6.07) is 5.78. The van der Waals surface area contributed by atoms with E-state index in [1.807, 2.05) is 25.1 Å². The number of hydrogen-bond donors (Lipinski definition) is 3. The summed E-state index contributed by atoms with van der Waals surface area (Å²) < 4.78 is 0. The zero-order valence-corrected chi connectivity index (χ0v) is 8.41. The summed E-state index contributed by atoms with van der Waals surface area (Å²) in [5, 5.41) is 7.21. The predicted octanol–water partition coefficient (Wildman–Crippen LogP) is 1.82. The number of rotatable bonds is 2. The minimum Gasteiger partial charge on any atom is -0.404 e. The third-order valence-electron chi connectivity index (χ3n) is 2.27. The number of fused-ring (bicyclic) bond motifs is 1. The predicted molar refractivity (Wildman–Crippen MR) is 61.8 cm³/mol. The van der Waals surface area contributed by atoms with Gasteiger partial charge >= 0.3 is 0 Å². The molecule has 1 heterocycles. The molecule has 2 rings (SSSR count). The van der Waals surface area contributed by atoms with Crippen molar-refractivity contribution >= 4 is 22.8 Å². The van der Waals surface area contributed by atoms with Crippen LogP contribution < -0.4 is 5.73 Å². The van der Waals surface area contributed by atoms with Gasteiger partial charge in [-0.25, -0.2) is 4.98 Å². The van der Waals surface area contributed by atoms with Gasteiger partial charge in [0, 0.05) is 18.0 Å². The summed E-state index contributed by atoms with van der Waals surface area (Å²) in [4.78, 5) is 7.47. The highest BCUT2D eigenvalue weighted by atomic mass is 14.9. The van der Waals surface area contributed by atoms with Crippen LogP contribution in [0.15, 0.2) is 24.4 Å². The van der Waals surface area contributed by atoms with Crippen molar-refractivity contribution in [3.63, 3.8) is 0 Å². The highest BCUT2D eigenvalue weighted by Crippen LogP contribution is 2.18. The molecule has 1 aromatic carbocycles. The van der Waals surface area contributed by atoms with Gasteiger partial charge in [0.1, 0.15) is 5.82 Å². The van der Waals surface area contributed by atoms with Gasteiger partial charge in [-0.3, -0.25) is 0 Å². The van der Waals surface area contributed by atoms with E-state index < -0.39 is 0 Å². The Balaban J connectivity index is 2.59. The number of allylic oxidation sites excluding steroid dienone is 1. The molecule has 0 atom stereocenters. The first-order chi connectivity index (χ1) is 7.24. The third kappa shape index (κ3) is 1.61. The van der Waals surface area contributed by atoms with Gasteiger partial charge in [0.25, 0.3) is 0 Å². The van der Waals surface area contributed by atoms with Crippen LogP contribution in [-0.4, -0.2) is 16.2 Å². The van der Waals surface area contributed by atoms with Crippen LogP contribution in [0.4, 0.5) is 0 Å². The Kier molecular flexibility index (Phi) is 2.25. The summed E-state index contributed by atoms with van der Waals surface area (Å²) in [5.41, 5.74) is 8.92. The van der Waals surface area contributed by atoms with Crippen molar-refractivity contribution in [1.82, 2.24) is 9.97 Å². The Morgan fingerprint density at radius 2 is 2.33 bits per heavy atom. The molecule has 0 saturated carbocycles. The lowest BCUT2D eigenvalue weighted by Gasteiger charge is -1.99. The molecule has 4 nitrogen and oxygen atoms in total. The van der Waals surface area contributed by atoms with Crippen LogP contribution in [0.5, 0.6) is 0 Å². The Morgan fingerprint density at radius 3 is 3.00 bits per heavy atom. The molecule has 15 heavy (non-hydrogen) atoms. The largest absolute Gasteiger partial charge is 0.404 e. The topological polar surface area (TPSA) is 78.6 Å². The lowest BCUT2D eigenvalue weighted by atomic mass is 10.1. The van der Waals surface area contributed by atoms with Gasteiger partial charge in [-0.2, -0.15) is 0 Å². The fourth-order valence-corrected chi connectivity index (χ4v) is 1.54. The fourth-order valence-electron chi connectivity index (χ4n) is 1.54. The number of H-pyrrole nitrogens is 1. The standard InChI is InChI=1S/C11H12N4/c1-7-14-10-3-2-8(4-11(10)15-7)9(5-12)6-13/h2-6,12H,13H2,1H3,(H,14,15)/b9-6+,12-5?. The minimum absolute atomic E-state index is 0.692. The highest BCUT2D eigenvalue weighted by Gasteiger charge is 2.02.